The van der Waals surface area contributed by atoms with Gasteiger partial charge in [0, 0.05) is 39.3 Å². The molecule has 150 valence electrons. The van der Waals surface area contributed by atoms with Crippen LogP contribution in [-0.2, 0) is 15.9 Å². The summed E-state index contributed by atoms with van der Waals surface area (Å²) in [6.07, 6.45) is 8.47. The van der Waals surface area contributed by atoms with Crippen molar-refractivity contribution in [1.29, 1.82) is 0 Å². The van der Waals surface area contributed by atoms with Gasteiger partial charge in [-0.15, -0.1) is 24.0 Å². The molecule has 1 aliphatic rings. The number of nitrogens with one attached hydrogen (secondary N) is 2. The number of furan rings is 1. The maximum atomic E-state index is 5.77. The first-order valence-electron chi connectivity index (χ1n) is 9.62. The van der Waals surface area contributed by atoms with Gasteiger partial charge in [-0.05, 0) is 51.2 Å². The van der Waals surface area contributed by atoms with Crippen molar-refractivity contribution in [2.45, 2.75) is 51.6 Å². The number of halogens is 1. The summed E-state index contributed by atoms with van der Waals surface area (Å²) in [6.45, 7) is 6.91. The van der Waals surface area contributed by atoms with Gasteiger partial charge in [0.05, 0.1) is 18.9 Å². The Morgan fingerprint density at radius 2 is 2.15 bits per heavy atom. The molecule has 0 aliphatic carbocycles. The lowest BCUT2D eigenvalue weighted by Crippen LogP contribution is -2.39. The van der Waals surface area contributed by atoms with Crippen LogP contribution in [0.4, 0.5) is 0 Å². The van der Waals surface area contributed by atoms with Crippen LogP contribution in [0.3, 0.4) is 0 Å². The van der Waals surface area contributed by atoms with E-state index in [1.165, 1.54) is 12.8 Å². The summed E-state index contributed by atoms with van der Waals surface area (Å²) in [6, 6.07) is 3.91. The second kappa shape index (κ2) is 15.3. The minimum Gasteiger partial charge on any atom is -0.469 e. The van der Waals surface area contributed by atoms with Gasteiger partial charge in [-0.25, -0.2) is 0 Å². The van der Waals surface area contributed by atoms with Gasteiger partial charge in [0.2, 0.25) is 0 Å². The molecule has 26 heavy (non-hydrogen) atoms. The van der Waals surface area contributed by atoms with Gasteiger partial charge in [-0.1, -0.05) is 0 Å². The van der Waals surface area contributed by atoms with Crippen LogP contribution in [0.25, 0.3) is 0 Å². The van der Waals surface area contributed by atoms with Crippen molar-refractivity contribution < 1.29 is 13.9 Å². The molecule has 1 aromatic rings. The highest BCUT2D eigenvalue weighted by Gasteiger charge is 2.13. The molecule has 1 atom stereocenters. The predicted molar refractivity (Wildman–Crippen MR) is 115 cm³/mol. The SMILES string of the molecule is CCOCCCCNC(=NCC1CCCCO1)NCCc1ccco1.I. The number of guanidine groups is 1. The molecular weight excluding hydrogens is 445 g/mol. The van der Waals surface area contributed by atoms with Crippen LogP contribution in [0.15, 0.2) is 27.8 Å². The lowest BCUT2D eigenvalue weighted by molar-refractivity contribution is 0.0224. The Hall–Kier alpha value is -0.800. The van der Waals surface area contributed by atoms with Gasteiger partial charge in [-0.3, -0.25) is 4.99 Å². The van der Waals surface area contributed by atoms with Crippen molar-refractivity contribution >= 4 is 29.9 Å². The minimum atomic E-state index is 0. The molecule has 0 aromatic carbocycles. The minimum absolute atomic E-state index is 0. The van der Waals surface area contributed by atoms with Crippen LogP contribution in [-0.4, -0.2) is 51.5 Å². The third kappa shape index (κ3) is 10.4. The topological polar surface area (TPSA) is 68.0 Å². The van der Waals surface area contributed by atoms with Gasteiger partial charge in [0.1, 0.15) is 5.76 Å². The average molecular weight is 479 g/mol. The van der Waals surface area contributed by atoms with Gasteiger partial charge in [0.15, 0.2) is 5.96 Å². The summed E-state index contributed by atoms with van der Waals surface area (Å²) in [5.41, 5.74) is 0. The van der Waals surface area contributed by atoms with E-state index in [9.17, 15) is 0 Å². The molecule has 0 radical (unpaired) electrons. The van der Waals surface area contributed by atoms with Gasteiger partial charge < -0.3 is 24.5 Å². The third-order valence-electron chi connectivity index (χ3n) is 4.18. The lowest BCUT2D eigenvalue weighted by atomic mass is 10.1. The molecule has 2 rings (SSSR count). The highest BCUT2D eigenvalue weighted by atomic mass is 127. The van der Waals surface area contributed by atoms with E-state index >= 15 is 0 Å². The van der Waals surface area contributed by atoms with Gasteiger partial charge in [0.25, 0.3) is 0 Å². The van der Waals surface area contributed by atoms with Crippen LogP contribution in [0.5, 0.6) is 0 Å². The van der Waals surface area contributed by atoms with Crippen molar-refractivity contribution in [3.63, 3.8) is 0 Å². The molecule has 7 heteroatoms. The fourth-order valence-corrected chi connectivity index (χ4v) is 2.76. The predicted octanol–water partition coefficient (Wildman–Crippen LogP) is 3.36. The first kappa shape index (κ1) is 23.2. The standard InChI is InChI=1S/C19H33N3O3.HI/c1-2-23-13-6-4-11-20-19(21-12-10-17-9-7-15-24-17)22-16-18-8-3-5-14-25-18;/h7,9,15,18H,2-6,8,10-14,16H2,1H3,(H2,20,21,22);1H. The fourth-order valence-electron chi connectivity index (χ4n) is 2.76. The van der Waals surface area contributed by atoms with E-state index in [0.717, 1.165) is 76.9 Å². The molecule has 6 nitrogen and oxygen atoms in total. The molecule has 0 saturated carbocycles. The molecule has 1 aliphatic heterocycles. The Morgan fingerprint density at radius 3 is 2.88 bits per heavy atom. The Labute approximate surface area is 174 Å². The number of rotatable bonds is 11. The number of unbranched alkanes of at least 4 members (excludes halogenated alkanes) is 1. The molecule has 1 aromatic heterocycles. The van der Waals surface area contributed by atoms with Gasteiger partial charge >= 0.3 is 0 Å². The molecule has 0 spiro atoms. The average Bonchev–Trinajstić information content (AvgIpc) is 3.16. The number of nitrogens with zero attached hydrogens (tertiary/aromatic N) is 1. The first-order valence-corrected chi connectivity index (χ1v) is 9.62. The molecule has 0 amide bonds. The number of aliphatic imine (C=N–C) groups is 1. The summed E-state index contributed by atoms with van der Waals surface area (Å²) < 4.78 is 16.5. The molecular formula is C19H34IN3O3. The summed E-state index contributed by atoms with van der Waals surface area (Å²) in [4.78, 5) is 4.71. The van der Waals surface area contributed by atoms with E-state index in [0.29, 0.717) is 0 Å². The van der Waals surface area contributed by atoms with Crippen molar-refractivity contribution in [1.82, 2.24) is 10.6 Å². The smallest absolute Gasteiger partial charge is 0.191 e. The Balaban J connectivity index is 0.00000338. The molecule has 1 saturated heterocycles. The Bertz CT molecular complexity index is 463. The van der Waals surface area contributed by atoms with Crippen LogP contribution in [0.2, 0.25) is 0 Å². The maximum absolute atomic E-state index is 5.77. The van der Waals surface area contributed by atoms with Crippen molar-refractivity contribution in [2.75, 3.05) is 39.5 Å². The monoisotopic (exact) mass is 479 g/mol. The molecule has 1 fully saturated rings. The molecule has 2 N–H and O–H groups in total. The Kier molecular flexibility index (Phi) is 13.7. The Morgan fingerprint density at radius 1 is 1.27 bits per heavy atom. The highest BCUT2D eigenvalue weighted by Crippen LogP contribution is 2.12. The van der Waals surface area contributed by atoms with E-state index in [4.69, 9.17) is 18.9 Å². The summed E-state index contributed by atoms with van der Waals surface area (Å²) in [7, 11) is 0. The van der Waals surface area contributed by atoms with Crippen LogP contribution in [0, 0.1) is 0 Å². The molecule has 2 heterocycles. The van der Waals surface area contributed by atoms with Crippen molar-refractivity contribution in [3.05, 3.63) is 24.2 Å². The van der Waals surface area contributed by atoms with E-state index in [-0.39, 0.29) is 30.1 Å². The van der Waals surface area contributed by atoms with Gasteiger partial charge in [-0.2, -0.15) is 0 Å². The fraction of sp³-hybridized carbons (Fsp3) is 0.737. The maximum Gasteiger partial charge on any atom is 0.191 e. The summed E-state index contributed by atoms with van der Waals surface area (Å²) in [5.74, 6) is 1.84. The number of hydrogen-bond donors (Lipinski definition) is 2. The van der Waals surface area contributed by atoms with Crippen LogP contribution >= 0.6 is 24.0 Å². The quantitative estimate of drug-likeness (QED) is 0.221. The zero-order chi connectivity index (χ0) is 17.6. The van der Waals surface area contributed by atoms with Crippen molar-refractivity contribution in [3.8, 4) is 0 Å². The summed E-state index contributed by atoms with van der Waals surface area (Å²) in [5, 5.41) is 6.81. The summed E-state index contributed by atoms with van der Waals surface area (Å²) >= 11 is 0. The van der Waals surface area contributed by atoms with E-state index < -0.39 is 0 Å². The zero-order valence-electron chi connectivity index (χ0n) is 15.9. The lowest BCUT2D eigenvalue weighted by Gasteiger charge is -2.21. The number of ether oxygens (including phenoxy) is 2. The second-order valence-corrected chi connectivity index (χ2v) is 6.26. The molecule has 0 bridgehead atoms. The van der Waals surface area contributed by atoms with Crippen LogP contribution in [0.1, 0.15) is 44.8 Å². The van der Waals surface area contributed by atoms with E-state index in [1.54, 1.807) is 6.26 Å². The first-order chi connectivity index (χ1) is 12.4. The largest absolute Gasteiger partial charge is 0.469 e. The molecule has 1 unspecified atom stereocenters. The normalized spacial score (nSPS) is 17.6. The second-order valence-electron chi connectivity index (χ2n) is 6.26. The van der Waals surface area contributed by atoms with E-state index in [1.807, 2.05) is 19.1 Å². The third-order valence-corrected chi connectivity index (χ3v) is 4.18. The highest BCUT2D eigenvalue weighted by molar-refractivity contribution is 14.0. The van der Waals surface area contributed by atoms with Crippen LogP contribution < -0.4 is 10.6 Å². The van der Waals surface area contributed by atoms with Crippen molar-refractivity contribution in [2.24, 2.45) is 4.99 Å². The van der Waals surface area contributed by atoms with E-state index in [2.05, 4.69) is 10.6 Å². The number of hydrogen-bond acceptors (Lipinski definition) is 4. The zero-order valence-corrected chi connectivity index (χ0v) is 18.2.